The van der Waals surface area contributed by atoms with Gasteiger partial charge in [0.2, 0.25) is 0 Å². The average molecular weight is 472 g/mol. The first-order valence-electron chi connectivity index (χ1n) is 10.8. The third-order valence-electron chi connectivity index (χ3n) is 4.72. The van der Waals surface area contributed by atoms with E-state index in [1.165, 1.54) is 18.2 Å². The van der Waals surface area contributed by atoms with Crippen molar-refractivity contribution in [3.63, 3.8) is 0 Å². The van der Waals surface area contributed by atoms with Crippen LogP contribution in [0.3, 0.4) is 0 Å². The van der Waals surface area contributed by atoms with Gasteiger partial charge in [0.15, 0.2) is 5.71 Å². The summed E-state index contributed by atoms with van der Waals surface area (Å²) < 4.78 is 61.8. The van der Waals surface area contributed by atoms with Crippen molar-refractivity contribution in [3.05, 3.63) is 95.5 Å². The Morgan fingerprint density at radius 2 is 1.65 bits per heavy atom. The number of nitrogens with zero attached hydrogens (tertiary/aromatic N) is 1. The van der Waals surface area contributed by atoms with Crippen molar-refractivity contribution < 1.29 is 36.4 Å². The van der Waals surface area contributed by atoms with Gasteiger partial charge < -0.3 is 27.4 Å². The molecule has 5 nitrogen and oxygen atoms in total. The van der Waals surface area contributed by atoms with Crippen molar-refractivity contribution in [2.75, 3.05) is 40.6 Å². The summed E-state index contributed by atoms with van der Waals surface area (Å²) in [5, 5.41) is 0. The molecule has 0 fully saturated rings. The third-order valence-corrected chi connectivity index (χ3v) is 4.72. The molecule has 0 amide bonds. The van der Waals surface area contributed by atoms with E-state index in [2.05, 4.69) is 9.31 Å². The predicted octanol–water partition coefficient (Wildman–Crippen LogP) is 5.02. The van der Waals surface area contributed by atoms with Gasteiger partial charge in [-0.15, -0.1) is 0 Å². The van der Waals surface area contributed by atoms with E-state index in [9.17, 15) is 13.0 Å². The quantitative estimate of drug-likeness (QED) is 0.288. The van der Waals surface area contributed by atoms with E-state index in [0.29, 0.717) is 19.0 Å². The molecule has 0 spiro atoms. The summed E-state index contributed by atoms with van der Waals surface area (Å²) in [7, 11) is -0.586. The number of allylic oxidation sites excluding steroid dienone is 9. The van der Waals surface area contributed by atoms with Crippen LogP contribution in [-0.4, -0.2) is 58.0 Å². The van der Waals surface area contributed by atoms with Crippen LogP contribution in [0.2, 0.25) is 0 Å². The Hall–Kier alpha value is -3.46. The first-order valence-corrected chi connectivity index (χ1v) is 10.8. The van der Waals surface area contributed by atoms with E-state index in [-0.39, 0.29) is 18.1 Å². The van der Waals surface area contributed by atoms with Crippen LogP contribution in [0.1, 0.15) is 5.56 Å². The lowest BCUT2D eigenvalue weighted by Gasteiger charge is -2.33. The van der Waals surface area contributed by atoms with Gasteiger partial charge in [-0.3, -0.25) is 0 Å². The van der Waals surface area contributed by atoms with Crippen LogP contribution in [0.4, 0.5) is 13.0 Å². The molecule has 1 heterocycles. The van der Waals surface area contributed by atoms with Crippen molar-refractivity contribution in [2.24, 2.45) is 0 Å². The van der Waals surface area contributed by atoms with Gasteiger partial charge in [0.05, 0.1) is 24.7 Å². The predicted molar refractivity (Wildman–Crippen MR) is 128 cm³/mol. The van der Waals surface area contributed by atoms with E-state index in [0.717, 1.165) is 16.8 Å². The molecule has 0 saturated heterocycles. The Morgan fingerprint density at radius 3 is 2.32 bits per heavy atom. The third kappa shape index (κ3) is 8.15. The second-order valence-electron chi connectivity index (χ2n) is 7.59. The van der Waals surface area contributed by atoms with Crippen LogP contribution in [0.5, 0.6) is 5.75 Å². The van der Waals surface area contributed by atoms with Crippen LogP contribution < -0.4 is 4.74 Å². The van der Waals surface area contributed by atoms with Gasteiger partial charge in [-0.2, -0.15) is 0 Å². The standard InChI is InChI=1S/C25H27BF3NO4/c1-30(2)22-9-3-20(4-10-22)7-13-24-19-25(34-26(28,29)33-24)14-8-21-5-11-23(12-6-21)32-18-17-31-16-15-27/h3-14,19H,15-18H2,1-2H3/b14-8+,24-13-/i27-1. The van der Waals surface area contributed by atoms with Crippen molar-refractivity contribution in [1.29, 1.82) is 0 Å². The molecule has 0 saturated carbocycles. The van der Waals surface area contributed by atoms with Gasteiger partial charge in [0, 0.05) is 18.2 Å². The fourth-order valence-corrected chi connectivity index (χ4v) is 3.01. The summed E-state index contributed by atoms with van der Waals surface area (Å²) >= 11 is 0. The average Bonchev–Trinajstić information content (AvgIpc) is 2.81. The molecule has 9 heteroatoms. The zero-order chi connectivity index (χ0) is 24.4. The molecule has 0 bridgehead atoms. The van der Waals surface area contributed by atoms with E-state index in [1.54, 1.807) is 36.4 Å². The zero-order valence-corrected chi connectivity index (χ0v) is 19.1. The molecule has 0 aromatic heterocycles. The second-order valence-corrected chi connectivity index (χ2v) is 7.59. The van der Waals surface area contributed by atoms with Crippen molar-refractivity contribution >= 4 is 18.9 Å². The highest BCUT2D eigenvalue weighted by Gasteiger charge is 2.36. The van der Waals surface area contributed by atoms with E-state index < -0.39 is 13.8 Å². The van der Waals surface area contributed by atoms with Crippen molar-refractivity contribution in [2.45, 2.75) is 0 Å². The largest absolute Gasteiger partial charge is 0.725 e. The summed E-state index contributed by atoms with van der Waals surface area (Å²) in [5.74, 6) is 0.618. The number of hydrogen-bond acceptors (Lipinski definition) is 4. The van der Waals surface area contributed by atoms with Crippen LogP contribution in [0, 0.1) is 0 Å². The number of ether oxygens (including phenoxy) is 2. The fourth-order valence-electron chi connectivity index (χ4n) is 3.01. The molecule has 0 atom stereocenters. The molecule has 1 aromatic rings. The zero-order valence-electron chi connectivity index (χ0n) is 19.1. The maximum atomic E-state index is 14.0. The van der Waals surface area contributed by atoms with E-state index in [1.807, 2.05) is 43.0 Å². The maximum Gasteiger partial charge on any atom is 0.725 e. The number of rotatable bonds is 9. The lowest BCUT2D eigenvalue weighted by Crippen LogP contribution is -2.33. The molecule has 0 unspecified atom stereocenters. The molecule has 3 rings (SSSR count). The normalized spacial score (nSPS) is 18.0. The Balaban J connectivity index is 1.64. The summed E-state index contributed by atoms with van der Waals surface area (Å²) in [6.45, 7) is 0.124. The lowest BCUT2D eigenvalue weighted by molar-refractivity contribution is -0.462. The Morgan fingerprint density at radius 1 is 0.912 bits per heavy atom. The molecule has 1 aliphatic heterocycles. The molecule has 34 heavy (non-hydrogen) atoms. The second kappa shape index (κ2) is 12.1. The minimum absolute atomic E-state index is 0.00585. The highest BCUT2D eigenvalue weighted by Crippen LogP contribution is 2.28. The summed E-state index contributed by atoms with van der Waals surface area (Å²) in [6, 6.07) is 7.04. The van der Waals surface area contributed by atoms with Gasteiger partial charge in [-0.25, -0.2) is 8.97 Å². The first kappa shape index (κ1) is 25.2. The van der Waals surface area contributed by atoms with E-state index >= 15 is 0 Å². The SMILES string of the molecule is C[N+](C)=C1C=CC(=C/C=C2C=C(/C=C/c3ccc(OCCOCC[18F])cc3)O[B-](F)(F)O/2)C=C1. The summed E-state index contributed by atoms with van der Waals surface area (Å²) in [4.78, 5) is 0. The van der Waals surface area contributed by atoms with Gasteiger partial charge in [-0.1, -0.05) is 24.3 Å². The molecular weight excluding hydrogens is 445 g/mol. The Bertz CT molecular complexity index is 1050. The highest BCUT2D eigenvalue weighted by molar-refractivity contribution is 6.53. The number of alkyl halides is 1. The summed E-state index contributed by atoms with van der Waals surface area (Å²) in [5.41, 5.74) is 2.66. The van der Waals surface area contributed by atoms with Gasteiger partial charge in [-0.05, 0) is 47.6 Å². The highest BCUT2D eigenvalue weighted by atomic mass is 19.3. The van der Waals surface area contributed by atoms with Crippen LogP contribution >= 0.6 is 0 Å². The minimum atomic E-state index is -4.47. The number of halogens is 3. The number of hydrogen-bond donors (Lipinski definition) is 0. The molecule has 2 aliphatic rings. The monoisotopic (exact) mass is 472 g/mol. The topological polar surface area (TPSA) is 39.9 Å². The fraction of sp³-hybridized carbons (Fsp3) is 0.240. The molecule has 1 aliphatic carbocycles. The summed E-state index contributed by atoms with van der Waals surface area (Å²) in [6.07, 6.45) is 15.4. The van der Waals surface area contributed by atoms with Crippen molar-refractivity contribution in [1.82, 2.24) is 0 Å². The number of benzene rings is 1. The molecule has 0 radical (unpaired) electrons. The smallest absolute Gasteiger partial charge is 0.627 e. The maximum absolute atomic E-state index is 14.0. The van der Waals surface area contributed by atoms with E-state index in [4.69, 9.17) is 9.47 Å². The van der Waals surface area contributed by atoms with Gasteiger partial charge >= 0.3 is 7.11 Å². The van der Waals surface area contributed by atoms with Crippen molar-refractivity contribution in [3.8, 4) is 5.75 Å². The van der Waals surface area contributed by atoms with Gasteiger partial charge in [0.25, 0.3) is 0 Å². The van der Waals surface area contributed by atoms with Crippen LogP contribution in [0.15, 0.2) is 90.0 Å². The molecule has 0 N–H and O–H groups in total. The first-order chi connectivity index (χ1) is 16.3. The molecule has 1 aromatic carbocycles. The minimum Gasteiger partial charge on any atom is -0.627 e. The van der Waals surface area contributed by atoms with Crippen LogP contribution in [-0.2, 0) is 14.0 Å². The Labute approximate surface area is 197 Å². The van der Waals surface area contributed by atoms with Gasteiger partial charge in [0.1, 0.15) is 33.1 Å². The molecule has 180 valence electrons. The lowest BCUT2D eigenvalue weighted by atomic mass is 10.1. The Kier molecular flexibility index (Phi) is 8.98. The van der Waals surface area contributed by atoms with Crippen LogP contribution in [0.25, 0.3) is 6.08 Å². The molecular formula is C25H27BF3NO4.